The number of hydrogen-bond acceptors (Lipinski definition) is 3. The van der Waals surface area contributed by atoms with Crippen LogP contribution in [0.15, 0.2) is 12.1 Å². The normalized spacial score (nSPS) is 12.6. The van der Waals surface area contributed by atoms with E-state index in [2.05, 4.69) is 18.6 Å². The fourth-order valence-electron chi connectivity index (χ4n) is 1.92. The molecular weight excluding hydrogens is 269 g/mol. The minimum Gasteiger partial charge on any atom is -0.432 e. The Kier molecular flexibility index (Phi) is 5.98. The lowest BCUT2D eigenvalue weighted by atomic mass is 10.1. The number of alkyl halides is 2. The molecule has 20 heavy (non-hydrogen) atoms. The van der Waals surface area contributed by atoms with Crippen LogP contribution in [0.2, 0.25) is 0 Å². The molecule has 0 bridgehead atoms. The quantitative estimate of drug-likeness (QED) is 0.774. The molecule has 1 unspecified atom stereocenters. The number of nitrogens with zero attached hydrogens (tertiary/aromatic N) is 1. The summed E-state index contributed by atoms with van der Waals surface area (Å²) >= 11 is 0. The first kappa shape index (κ1) is 16.5. The van der Waals surface area contributed by atoms with E-state index in [4.69, 9.17) is 5.73 Å². The number of hydrogen-bond donors (Lipinski definition) is 1. The average molecular weight is 290 g/mol. The average Bonchev–Trinajstić information content (AvgIpc) is 2.38. The number of nitrogen functional groups attached to an aromatic ring is 1. The molecule has 0 spiro atoms. The molecule has 114 valence electrons. The number of rotatable bonds is 7. The molecule has 1 aromatic rings. The van der Waals surface area contributed by atoms with Crippen molar-refractivity contribution in [2.45, 2.75) is 33.8 Å². The fourth-order valence-corrected chi connectivity index (χ4v) is 1.92. The van der Waals surface area contributed by atoms with Crippen LogP contribution in [0.25, 0.3) is 0 Å². The smallest absolute Gasteiger partial charge is 0.387 e. The molecule has 0 amide bonds. The van der Waals surface area contributed by atoms with Crippen molar-refractivity contribution in [2.75, 3.05) is 23.7 Å². The summed E-state index contributed by atoms with van der Waals surface area (Å²) in [6, 6.07) is 2.26. The lowest BCUT2D eigenvalue weighted by molar-refractivity contribution is -0.0521. The predicted octanol–water partition coefficient (Wildman–Crippen LogP) is 3.88. The van der Waals surface area contributed by atoms with E-state index in [-0.39, 0.29) is 5.69 Å². The third-order valence-corrected chi connectivity index (χ3v) is 3.25. The van der Waals surface area contributed by atoms with Crippen LogP contribution in [-0.4, -0.2) is 19.7 Å². The summed E-state index contributed by atoms with van der Waals surface area (Å²) in [6.07, 6.45) is 0.984. The Morgan fingerprint density at radius 2 is 1.95 bits per heavy atom. The van der Waals surface area contributed by atoms with Crippen molar-refractivity contribution in [1.29, 1.82) is 0 Å². The molecule has 1 aromatic carbocycles. The highest BCUT2D eigenvalue weighted by atomic mass is 19.3. The molecule has 0 saturated carbocycles. The first-order valence-electron chi connectivity index (χ1n) is 6.67. The van der Waals surface area contributed by atoms with Gasteiger partial charge in [0, 0.05) is 25.2 Å². The predicted molar refractivity (Wildman–Crippen MR) is 74.8 cm³/mol. The molecule has 0 aromatic heterocycles. The highest BCUT2D eigenvalue weighted by Crippen LogP contribution is 2.32. The molecule has 0 heterocycles. The topological polar surface area (TPSA) is 38.5 Å². The Labute approximate surface area is 117 Å². The molecule has 2 N–H and O–H groups in total. The van der Waals surface area contributed by atoms with Gasteiger partial charge in [-0.05, 0) is 12.8 Å². The highest BCUT2D eigenvalue weighted by molar-refractivity contribution is 5.70. The minimum atomic E-state index is -3.06. The molecule has 1 rings (SSSR count). The van der Waals surface area contributed by atoms with Crippen molar-refractivity contribution < 1.29 is 17.9 Å². The van der Waals surface area contributed by atoms with Crippen molar-refractivity contribution in [3.63, 3.8) is 0 Å². The van der Waals surface area contributed by atoms with Crippen LogP contribution in [0.1, 0.15) is 27.2 Å². The monoisotopic (exact) mass is 290 g/mol. The SMILES string of the molecule is CCC(C)CN(CC)c1cc(OC(F)F)c(F)cc1N. The van der Waals surface area contributed by atoms with Crippen molar-refractivity contribution in [3.8, 4) is 5.75 Å². The van der Waals surface area contributed by atoms with Crippen LogP contribution in [0.4, 0.5) is 24.5 Å². The van der Waals surface area contributed by atoms with Gasteiger partial charge < -0.3 is 15.4 Å². The molecular formula is C14H21F3N2O. The largest absolute Gasteiger partial charge is 0.432 e. The van der Waals surface area contributed by atoms with Gasteiger partial charge in [0.25, 0.3) is 0 Å². The van der Waals surface area contributed by atoms with Gasteiger partial charge in [0.2, 0.25) is 0 Å². The van der Waals surface area contributed by atoms with Gasteiger partial charge in [-0.2, -0.15) is 8.78 Å². The Morgan fingerprint density at radius 1 is 1.30 bits per heavy atom. The summed E-state index contributed by atoms with van der Waals surface area (Å²) in [5.41, 5.74) is 6.53. The molecule has 1 atom stereocenters. The number of benzene rings is 1. The molecule has 0 radical (unpaired) electrons. The lowest BCUT2D eigenvalue weighted by Crippen LogP contribution is -2.29. The van der Waals surface area contributed by atoms with Crippen molar-refractivity contribution in [2.24, 2.45) is 5.92 Å². The first-order valence-corrected chi connectivity index (χ1v) is 6.67. The van der Waals surface area contributed by atoms with Crippen LogP contribution in [-0.2, 0) is 0 Å². The van der Waals surface area contributed by atoms with Crippen molar-refractivity contribution in [3.05, 3.63) is 17.9 Å². The van der Waals surface area contributed by atoms with Gasteiger partial charge in [0.05, 0.1) is 11.4 Å². The third-order valence-electron chi connectivity index (χ3n) is 3.25. The highest BCUT2D eigenvalue weighted by Gasteiger charge is 2.17. The van der Waals surface area contributed by atoms with E-state index >= 15 is 0 Å². The van der Waals surface area contributed by atoms with Crippen LogP contribution in [0.5, 0.6) is 5.75 Å². The number of ether oxygens (including phenoxy) is 1. The molecule has 3 nitrogen and oxygen atoms in total. The maximum atomic E-state index is 13.5. The Morgan fingerprint density at radius 3 is 2.45 bits per heavy atom. The van der Waals surface area contributed by atoms with E-state index in [1.807, 2.05) is 11.8 Å². The van der Waals surface area contributed by atoms with Gasteiger partial charge in [-0.15, -0.1) is 0 Å². The van der Waals surface area contributed by atoms with Gasteiger partial charge in [0.15, 0.2) is 11.6 Å². The van der Waals surface area contributed by atoms with Crippen molar-refractivity contribution in [1.82, 2.24) is 0 Å². The number of nitrogens with two attached hydrogens (primary N) is 1. The summed E-state index contributed by atoms with van der Waals surface area (Å²) in [5, 5.41) is 0. The van der Waals surface area contributed by atoms with Crippen LogP contribution in [0, 0.1) is 11.7 Å². The van der Waals surface area contributed by atoms with Crippen molar-refractivity contribution >= 4 is 11.4 Å². The summed E-state index contributed by atoms with van der Waals surface area (Å²) in [6.45, 7) is 4.38. The fraction of sp³-hybridized carbons (Fsp3) is 0.571. The maximum Gasteiger partial charge on any atom is 0.387 e. The second kappa shape index (κ2) is 7.26. The number of halogens is 3. The maximum absolute atomic E-state index is 13.5. The molecule has 0 aliphatic carbocycles. The molecule has 0 saturated heterocycles. The Bertz CT molecular complexity index is 441. The van der Waals surface area contributed by atoms with Gasteiger partial charge in [-0.25, -0.2) is 4.39 Å². The minimum absolute atomic E-state index is 0.217. The van der Waals surface area contributed by atoms with Gasteiger partial charge >= 0.3 is 6.61 Å². The Balaban J connectivity index is 3.07. The summed E-state index contributed by atoms with van der Waals surface area (Å²) < 4.78 is 42.2. The van der Waals surface area contributed by atoms with Crippen LogP contribution in [0.3, 0.4) is 0 Å². The Hall–Kier alpha value is -1.59. The van der Waals surface area contributed by atoms with Crippen LogP contribution >= 0.6 is 0 Å². The van der Waals surface area contributed by atoms with Crippen LogP contribution < -0.4 is 15.4 Å². The van der Waals surface area contributed by atoms with E-state index in [9.17, 15) is 13.2 Å². The van der Waals surface area contributed by atoms with E-state index in [1.165, 1.54) is 6.07 Å². The molecule has 0 aliphatic rings. The zero-order valence-corrected chi connectivity index (χ0v) is 12.0. The number of anilines is 2. The van der Waals surface area contributed by atoms with Gasteiger partial charge in [-0.1, -0.05) is 20.3 Å². The van der Waals surface area contributed by atoms with E-state index < -0.39 is 18.2 Å². The standard InChI is InChI=1S/C14H21F3N2O/c1-4-9(3)8-19(5-2)12-7-13(20-14(16)17)10(15)6-11(12)18/h6-7,9,14H,4-5,8,18H2,1-3H3. The molecule has 0 aliphatic heterocycles. The van der Waals surface area contributed by atoms with Gasteiger partial charge in [0.1, 0.15) is 0 Å². The summed E-state index contributed by atoms with van der Waals surface area (Å²) in [4.78, 5) is 1.93. The van der Waals surface area contributed by atoms with E-state index in [0.29, 0.717) is 18.2 Å². The summed E-state index contributed by atoms with van der Waals surface area (Å²) in [5.74, 6) is -0.947. The third kappa shape index (κ3) is 4.21. The molecule has 0 fully saturated rings. The van der Waals surface area contributed by atoms with E-state index in [0.717, 1.165) is 19.0 Å². The zero-order valence-electron chi connectivity index (χ0n) is 12.0. The lowest BCUT2D eigenvalue weighted by Gasteiger charge is -2.28. The van der Waals surface area contributed by atoms with E-state index in [1.54, 1.807) is 0 Å². The molecule has 6 heteroatoms. The second-order valence-electron chi connectivity index (χ2n) is 4.77. The zero-order chi connectivity index (χ0) is 15.3. The van der Waals surface area contributed by atoms with Gasteiger partial charge in [-0.3, -0.25) is 0 Å². The first-order chi connectivity index (χ1) is 9.38. The summed E-state index contributed by atoms with van der Waals surface area (Å²) in [7, 11) is 0. The second-order valence-corrected chi connectivity index (χ2v) is 4.77.